The van der Waals surface area contributed by atoms with E-state index in [1.165, 1.54) is 0 Å². The number of hydrogen-bond donors (Lipinski definition) is 2. The summed E-state index contributed by atoms with van der Waals surface area (Å²) in [6.07, 6.45) is 1.06. The van der Waals surface area contributed by atoms with Gasteiger partial charge in [0.15, 0.2) is 0 Å². The molecule has 1 atom stereocenters. The molecule has 0 fully saturated rings. The predicted octanol–water partition coefficient (Wildman–Crippen LogP) is 2.26. The van der Waals surface area contributed by atoms with Crippen LogP contribution >= 0.6 is 0 Å². The van der Waals surface area contributed by atoms with Crippen LogP contribution in [0.25, 0.3) is 0 Å². The third kappa shape index (κ3) is 5.95. The number of nitrogens with two attached hydrogens (primary N) is 1. The van der Waals surface area contributed by atoms with Crippen molar-refractivity contribution in [3.63, 3.8) is 0 Å². The normalized spacial score (nSPS) is 12.2. The zero-order chi connectivity index (χ0) is 15.8. The average molecular weight is 292 g/mol. The van der Waals surface area contributed by atoms with Crippen LogP contribution in [-0.4, -0.2) is 29.6 Å². The minimum atomic E-state index is -0.859. The molecule has 0 aromatic heterocycles. The number of benzene rings is 1. The molecule has 0 aliphatic carbocycles. The van der Waals surface area contributed by atoms with E-state index in [9.17, 15) is 9.59 Å². The van der Waals surface area contributed by atoms with Crippen LogP contribution in [0.2, 0.25) is 0 Å². The number of anilines is 1. The number of carbonyl (C=O) groups excluding carboxylic acids is 1. The third-order valence-corrected chi connectivity index (χ3v) is 3.15. The molecule has 0 spiro atoms. The van der Waals surface area contributed by atoms with Gasteiger partial charge in [0.2, 0.25) is 5.91 Å². The SMILES string of the molecule is CC(C)C[C@@H](N)C(=O)N(CCCC(=O)O)c1ccccc1. The van der Waals surface area contributed by atoms with Crippen molar-refractivity contribution in [3.8, 4) is 0 Å². The van der Waals surface area contributed by atoms with Crippen molar-refractivity contribution in [1.29, 1.82) is 0 Å². The summed E-state index contributed by atoms with van der Waals surface area (Å²) in [4.78, 5) is 24.7. The summed E-state index contributed by atoms with van der Waals surface area (Å²) in [5, 5.41) is 8.74. The summed E-state index contributed by atoms with van der Waals surface area (Å²) in [7, 11) is 0. The molecule has 0 radical (unpaired) electrons. The van der Waals surface area contributed by atoms with Crippen LogP contribution in [0.4, 0.5) is 5.69 Å². The van der Waals surface area contributed by atoms with Crippen LogP contribution in [0, 0.1) is 5.92 Å². The van der Waals surface area contributed by atoms with Gasteiger partial charge < -0.3 is 15.7 Å². The summed E-state index contributed by atoms with van der Waals surface area (Å²) >= 11 is 0. The number of hydrogen-bond acceptors (Lipinski definition) is 3. The Bertz CT molecular complexity index is 460. The van der Waals surface area contributed by atoms with E-state index in [0.29, 0.717) is 25.3 Å². The van der Waals surface area contributed by atoms with E-state index in [2.05, 4.69) is 0 Å². The fraction of sp³-hybridized carbons (Fsp3) is 0.500. The molecule has 0 saturated heterocycles. The molecule has 0 bridgehead atoms. The first-order valence-corrected chi connectivity index (χ1v) is 7.25. The van der Waals surface area contributed by atoms with Gasteiger partial charge in [-0.3, -0.25) is 9.59 Å². The van der Waals surface area contributed by atoms with Gasteiger partial charge in [0.1, 0.15) is 0 Å². The molecule has 1 aromatic carbocycles. The van der Waals surface area contributed by atoms with Crippen LogP contribution in [0.3, 0.4) is 0 Å². The number of carboxylic acids is 1. The molecule has 0 unspecified atom stereocenters. The maximum atomic E-state index is 12.5. The molecule has 1 amide bonds. The van der Waals surface area contributed by atoms with E-state index in [4.69, 9.17) is 10.8 Å². The van der Waals surface area contributed by atoms with Crippen LogP contribution in [0.1, 0.15) is 33.1 Å². The van der Waals surface area contributed by atoms with Crippen molar-refractivity contribution in [3.05, 3.63) is 30.3 Å². The van der Waals surface area contributed by atoms with Gasteiger partial charge in [0.25, 0.3) is 0 Å². The lowest BCUT2D eigenvalue weighted by atomic mass is 10.0. The number of carboxylic acid groups (broad SMARTS) is 1. The van der Waals surface area contributed by atoms with Gasteiger partial charge in [-0.1, -0.05) is 32.0 Å². The highest BCUT2D eigenvalue weighted by molar-refractivity contribution is 5.97. The quantitative estimate of drug-likeness (QED) is 0.769. The van der Waals surface area contributed by atoms with E-state index in [-0.39, 0.29) is 12.3 Å². The van der Waals surface area contributed by atoms with Crippen molar-refractivity contribution < 1.29 is 14.7 Å². The van der Waals surface area contributed by atoms with Gasteiger partial charge >= 0.3 is 5.97 Å². The zero-order valence-electron chi connectivity index (χ0n) is 12.7. The number of carbonyl (C=O) groups is 2. The highest BCUT2D eigenvalue weighted by Crippen LogP contribution is 2.17. The Balaban J connectivity index is 2.80. The van der Waals surface area contributed by atoms with Gasteiger partial charge in [0, 0.05) is 18.7 Å². The third-order valence-electron chi connectivity index (χ3n) is 3.15. The van der Waals surface area contributed by atoms with E-state index >= 15 is 0 Å². The fourth-order valence-electron chi connectivity index (χ4n) is 2.17. The smallest absolute Gasteiger partial charge is 0.303 e. The number of para-hydroxylation sites is 1. The summed E-state index contributed by atoms with van der Waals surface area (Å²) in [5.41, 5.74) is 6.74. The van der Waals surface area contributed by atoms with Gasteiger partial charge in [-0.05, 0) is 30.9 Å². The number of rotatable bonds is 8. The molecule has 0 heterocycles. The zero-order valence-corrected chi connectivity index (χ0v) is 12.7. The van der Waals surface area contributed by atoms with E-state index < -0.39 is 12.0 Å². The Kier molecular flexibility index (Phi) is 6.88. The Morgan fingerprint density at radius 2 is 1.86 bits per heavy atom. The topological polar surface area (TPSA) is 83.6 Å². The molecular formula is C16H24N2O3. The maximum Gasteiger partial charge on any atom is 0.303 e. The summed E-state index contributed by atoms with van der Waals surface area (Å²) < 4.78 is 0. The van der Waals surface area contributed by atoms with E-state index in [1.54, 1.807) is 4.90 Å². The van der Waals surface area contributed by atoms with Crippen molar-refractivity contribution in [1.82, 2.24) is 0 Å². The maximum absolute atomic E-state index is 12.5. The molecular weight excluding hydrogens is 268 g/mol. The molecule has 1 aromatic rings. The van der Waals surface area contributed by atoms with Gasteiger partial charge in [-0.15, -0.1) is 0 Å². The average Bonchev–Trinajstić information content (AvgIpc) is 2.43. The lowest BCUT2D eigenvalue weighted by Crippen LogP contribution is -2.45. The minimum Gasteiger partial charge on any atom is -0.481 e. The standard InChI is InChI=1S/C16H24N2O3/c1-12(2)11-14(17)16(21)18(10-6-9-15(19)20)13-7-4-3-5-8-13/h3-5,7-8,12,14H,6,9-11,17H2,1-2H3,(H,19,20)/t14-/m1/s1. The molecule has 0 saturated carbocycles. The van der Waals surface area contributed by atoms with Crippen LogP contribution < -0.4 is 10.6 Å². The molecule has 21 heavy (non-hydrogen) atoms. The Morgan fingerprint density at radius 3 is 2.38 bits per heavy atom. The Labute approximate surface area is 125 Å². The van der Waals surface area contributed by atoms with E-state index in [0.717, 1.165) is 5.69 Å². The monoisotopic (exact) mass is 292 g/mol. The van der Waals surface area contributed by atoms with Gasteiger partial charge in [0.05, 0.1) is 6.04 Å². The van der Waals surface area contributed by atoms with Gasteiger partial charge in [-0.2, -0.15) is 0 Å². The van der Waals surface area contributed by atoms with Crippen molar-refractivity contribution in [2.75, 3.05) is 11.4 Å². The molecule has 0 aliphatic heterocycles. The first-order valence-electron chi connectivity index (χ1n) is 7.25. The molecule has 116 valence electrons. The lowest BCUT2D eigenvalue weighted by molar-refractivity contribution is -0.137. The number of aliphatic carboxylic acids is 1. The van der Waals surface area contributed by atoms with Crippen LogP contribution in [0.15, 0.2) is 30.3 Å². The highest BCUT2D eigenvalue weighted by Gasteiger charge is 2.23. The Hall–Kier alpha value is -1.88. The first kappa shape index (κ1) is 17.2. The molecule has 1 rings (SSSR count). The second kappa shape index (κ2) is 8.42. The van der Waals surface area contributed by atoms with Crippen molar-refractivity contribution in [2.24, 2.45) is 11.7 Å². The summed E-state index contributed by atoms with van der Waals surface area (Å²) in [6.45, 7) is 4.40. The van der Waals surface area contributed by atoms with Crippen LogP contribution in [0.5, 0.6) is 0 Å². The fourth-order valence-corrected chi connectivity index (χ4v) is 2.17. The molecule has 5 nitrogen and oxygen atoms in total. The first-order chi connectivity index (χ1) is 9.91. The lowest BCUT2D eigenvalue weighted by Gasteiger charge is -2.26. The number of nitrogens with zero attached hydrogens (tertiary/aromatic N) is 1. The van der Waals surface area contributed by atoms with Crippen LogP contribution in [-0.2, 0) is 9.59 Å². The second-order valence-corrected chi connectivity index (χ2v) is 5.56. The molecule has 5 heteroatoms. The second-order valence-electron chi connectivity index (χ2n) is 5.56. The Morgan fingerprint density at radius 1 is 1.24 bits per heavy atom. The van der Waals surface area contributed by atoms with Crippen molar-refractivity contribution >= 4 is 17.6 Å². The molecule has 0 aliphatic rings. The van der Waals surface area contributed by atoms with E-state index in [1.807, 2.05) is 44.2 Å². The highest BCUT2D eigenvalue weighted by atomic mass is 16.4. The number of amides is 1. The molecule has 3 N–H and O–H groups in total. The predicted molar refractivity (Wildman–Crippen MR) is 83.1 cm³/mol. The summed E-state index contributed by atoms with van der Waals surface area (Å²) in [5.74, 6) is -0.678. The minimum absolute atomic E-state index is 0.0377. The van der Waals surface area contributed by atoms with Gasteiger partial charge in [-0.25, -0.2) is 0 Å². The van der Waals surface area contributed by atoms with Crippen molar-refractivity contribution in [2.45, 2.75) is 39.2 Å². The summed E-state index contributed by atoms with van der Waals surface area (Å²) in [6, 6.07) is 8.68. The largest absolute Gasteiger partial charge is 0.481 e.